The second-order valence-electron chi connectivity index (χ2n) is 7.33. The number of carbonyl (C=O) groups is 2. The smallest absolute Gasteiger partial charge is 0.239 e. The molecule has 0 aromatic heterocycles. The summed E-state index contributed by atoms with van der Waals surface area (Å²) in [6.07, 6.45) is 2.65. The number of nitrogens with zero attached hydrogens (tertiary/aromatic N) is 1. The SMILES string of the molecule is O=C1CN(c2ccc(NC(=O)C3(c4ccc(Cl)cc4)CCC3)cc2Cl)CCN1. The van der Waals surface area contributed by atoms with Crippen molar-refractivity contribution in [2.75, 3.05) is 29.9 Å². The number of hydrogen-bond acceptors (Lipinski definition) is 3. The fourth-order valence-corrected chi connectivity index (χ4v) is 4.31. The fourth-order valence-electron chi connectivity index (χ4n) is 3.88. The number of halogens is 2. The summed E-state index contributed by atoms with van der Waals surface area (Å²) in [7, 11) is 0. The molecule has 0 bridgehead atoms. The fraction of sp³-hybridized carbons (Fsp3) is 0.333. The molecule has 2 fully saturated rings. The minimum atomic E-state index is -0.513. The quantitative estimate of drug-likeness (QED) is 0.790. The first-order valence-electron chi connectivity index (χ1n) is 9.37. The van der Waals surface area contributed by atoms with Crippen LogP contribution >= 0.6 is 23.2 Å². The molecule has 4 rings (SSSR count). The van der Waals surface area contributed by atoms with Gasteiger partial charge in [0.15, 0.2) is 0 Å². The second kappa shape index (κ2) is 7.64. The first kappa shape index (κ1) is 19.1. The highest BCUT2D eigenvalue weighted by molar-refractivity contribution is 6.33. The first-order chi connectivity index (χ1) is 13.5. The Kier molecular flexibility index (Phi) is 5.21. The van der Waals surface area contributed by atoms with E-state index in [1.54, 1.807) is 6.07 Å². The van der Waals surface area contributed by atoms with Crippen LogP contribution in [0.1, 0.15) is 24.8 Å². The van der Waals surface area contributed by atoms with Gasteiger partial charge in [-0.05, 0) is 48.7 Å². The van der Waals surface area contributed by atoms with Gasteiger partial charge in [-0.1, -0.05) is 41.8 Å². The van der Waals surface area contributed by atoms with E-state index in [1.165, 1.54) is 0 Å². The minimum Gasteiger partial charge on any atom is -0.359 e. The number of piperazine rings is 1. The normalized spacial score (nSPS) is 18.2. The first-order valence-corrected chi connectivity index (χ1v) is 10.1. The molecule has 0 unspecified atom stereocenters. The van der Waals surface area contributed by atoms with Gasteiger partial charge in [0.25, 0.3) is 0 Å². The molecule has 28 heavy (non-hydrogen) atoms. The van der Waals surface area contributed by atoms with E-state index >= 15 is 0 Å². The van der Waals surface area contributed by atoms with Crippen molar-refractivity contribution in [3.8, 4) is 0 Å². The van der Waals surface area contributed by atoms with Gasteiger partial charge in [0.05, 0.1) is 22.7 Å². The van der Waals surface area contributed by atoms with Crippen molar-refractivity contribution in [2.24, 2.45) is 0 Å². The zero-order chi connectivity index (χ0) is 19.7. The highest BCUT2D eigenvalue weighted by Crippen LogP contribution is 2.45. The van der Waals surface area contributed by atoms with Crippen molar-refractivity contribution < 1.29 is 9.59 Å². The molecule has 146 valence electrons. The lowest BCUT2D eigenvalue weighted by Crippen LogP contribution is -2.47. The standard InChI is InChI=1S/C21H21Cl2N3O2/c22-15-4-2-14(3-5-15)21(8-1-9-21)20(28)25-16-6-7-18(17(23)12-16)26-11-10-24-19(27)13-26/h2-7,12H,1,8-11,13H2,(H,24,27)(H,25,28). The summed E-state index contributed by atoms with van der Waals surface area (Å²) < 4.78 is 0. The van der Waals surface area contributed by atoms with Gasteiger partial charge in [0, 0.05) is 23.8 Å². The number of hydrogen-bond donors (Lipinski definition) is 2. The van der Waals surface area contributed by atoms with E-state index in [4.69, 9.17) is 23.2 Å². The van der Waals surface area contributed by atoms with E-state index in [0.29, 0.717) is 28.8 Å². The maximum absolute atomic E-state index is 13.1. The topological polar surface area (TPSA) is 61.4 Å². The maximum atomic E-state index is 13.1. The lowest BCUT2D eigenvalue weighted by molar-refractivity contribution is -0.124. The number of nitrogens with one attached hydrogen (secondary N) is 2. The summed E-state index contributed by atoms with van der Waals surface area (Å²) >= 11 is 12.4. The molecular formula is C21H21Cl2N3O2. The molecule has 0 radical (unpaired) electrons. The Morgan fingerprint density at radius 3 is 2.46 bits per heavy atom. The van der Waals surface area contributed by atoms with Gasteiger partial charge >= 0.3 is 0 Å². The van der Waals surface area contributed by atoms with E-state index in [0.717, 1.165) is 30.5 Å². The van der Waals surface area contributed by atoms with E-state index < -0.39 is 5.41 Å². The maximum Gasteiger partial charge on any atom is 0.239 e. The molecule has 2 amide bonds. The van der Waals surface area contributed by atoms with Gasteiger partial charge in [0.1, 0.15) is 0 Å². The zero-order valence-corrected chi connectivity index (χ0v) is 16.8. The average molecular weight is 418 g/mol. The number of amides is 2. The molecule has 1 aliphatic carbocycles. The molecule has 0 atom stereocenters. The molecule has 2 aliphatic rings. The van der Waals surface area contributed by atoms with Crippen molar-refractivity contribution in [1.29, 1.82) is 0 Å². The zero-order valence-electron chi connectivity index (χ0n) is 15.3. The van der Waals surface area contributed by atoms with Crippen LogP contribution in [0.5, 0.6) is 0 Å². The summed E-state index contributed by atoms with van der Waals surface area (Å²) in [4.78, 5) is 26.6. The predicted octanol–water partition coefficient (Wildman–Crippen LogP) is 3.99. The Balaban J connectivity index is 1.52. The Morgan fingerprint density at radius 1 is 1.11 bits per heavy atom. The van der Waals surface area contributed by atoms with Crippen LogP contribution in [0.4, 0.5) is 11.4 Å². The van der Waals surface area contributed by atoms with Crippen molar-refractivity contribution >= 4 is 46.4 Å². The molecular weight excluding hydrogens is 397 g/mol. The highest BCUT2D eigenvalue weighted by atomic mass is 35.5. The molecule has 2 aromatic rings. The van der Waals surface area contributed by atoms with E-state index in [1.807, 2.05) is 41.3 Å². The van der Waals surface area contributed by atoms with Crippen LogP contribution < -0.4 is 15.5 Å². The van der Waals surface area contributed by atoms with Gasteiger partial charge < -0.3 is 15.5 Å². The van der Waals surface area contributed by atoms with E-state index in [9.17, 15) is 9.59 Å². The van der Waals surface area contributed by atoms with Crippen molar-refractivity contribution in [3.63, 3.8) is 0 Å². The molecule has 1 aliphatic heterocycles. The summed E-state index contributed by atoms with van der Waals surface area (Å²) in [5.41, 5.74) is 1.93. The van der Waals surface area contributed by atoms with Crippen LogP contribution in [-0.4, -0.2) is 31.4 Å². The van der Waals surface area contributed by atoms with Gasteiger partial charge in [-0.25, -0.2) is 0 Å². The van der Waals surface area contributed by atoms with E-state index in [2.05, 4.69) is 10.6 Å². The highest BCUT2D eigenvalue weighted by Gasteiger charge is 2.45. The molecule has 7 heteroatoms. The Morgan fingerprint density at radius 2 is 1.86 bits per heavy atom. The lowest BCUT2D eigenvalue weighted by Gasteiger charge is -2.40. The summed E-state index contributed by atoms with van der Waals surface area (Å²) in [6.45, 7) is 1.58. The summed E-state index contributed by atoms with van der Waals surface area (Å²) in [6, 6.07) is 12.9. The minimum absolute atomic E-state index is 0.0189. The Labute approximate surface area is 174 Å². The van der Waals surface area contributed by atoms with Gasteiger partial charge in [0.2, 0.25) is 11.8 Å². The molecule has 2 N–H and O–H groups in total. The van der Waals surface area contributed by atoms with Crippen LogP contribution in [0.2, 0.25) is 10.0 Å². The van der Waals surface area contributed by atoms with Crippen LogP contribution in [0, 0.1) is 0 Å². The van der Waals surface area contributed by atoms with Gasteiger partial charge in [-0.3, -0.25) is 9.59 Å². The summed E-state index contributed by atoms with van der Waals surface area (Å²) in [5, 5.41) is 7.00. The lowest BCUT2D eigenvalue weighted by atomic mass is 9.64. The summed E-state index contributed by atoms with van der Waals surface area (Å²) in [5.74, 6) is -0.0446. The number of rotatable bonds is 4. The van der Waals surface area contributed by atoms with Crippen LogP contribution in [-0.2, 0) is 15.0 Å². The molecule has 1 saturated carbocycles. The average Bonchev–Trinajstić information content (AvgIpc) is 2.62. The molecule has 1 saturated heterocycles. The number of carbonyl (C=O) groups excluding carboxylic acids is 2. The Bertz CT molecular complexity index is 910. The number of benzene rings is 2. The van der Waals surface area contributed by atoms with Crippen molar-refractivity contribution in [2.45, 2.75) is 24.7 Å². The third kappa shape index (κ3) is 3.56. The monoisotopic (exact) mass is 417 g/mol. The van der Waals surface area contributed by atoms with Gasteiger partial charge in [-0.2, -0.15) is 0 Å². The van der Waals surface area contributed by atoms with Crippen LogP contribution in [0.25, 0.3) is 0 Å². The van der Waals surface area contributed by atoms with E-state index in [-0.39, 0.29) is 18.4 Å². The third-order valence-corrected chi connectivity index (χ3v) is 6.18. The molecule has 5 nitrogen and oxygen atoms in total. The largest absolute Gasteiger partial charge is 0.359 e. The second-order valence-corrected chi connectivity index (χ2v) is 8.18. The third-order valence-electron chi connectivity index (χ3n) is 5.62. The molecule has 2 aromatic carbocycles. The number of anilines is 2. The van der Waals surface area contributed by atoms with Crippen LogP contribution in [0.3, 0.4) is 0 Å². The van der Waals surface area contributed by atoms with Crippen molar-refractivity contribution in [3.05, 3.63) is 58.1 Å². The predicted molar refractivity (Wildman–Crippen MR) is 112 cm³/mol. The van der Waals surface area contributed by atoms with Gasteiger partial charge in [-0.15, -0.1) is 0 Å². The van der Waals surface area contributed by atoms with Crippen LogP contribution in [0.15, 0.2) is 42.5 Å². The molecule has 1 heterocycles. The molecule has 0 spiro atoms. The Hall–Kier alpha value is -2.24. The van der Waals surface area contributed by atoms with Crippen molar-refractivity contribution in [1.82, 2.24) is 5.32 Å².